The van der Waals surface area contributed by atoms with Crippen molar-refractivity contribution in [3.8, 4) is 0 Å². The van der Waals surface area contributed by atoms with E-state index in [1.165, 1.54) is 17.0 Å². The first-order valence-electron chi connectivity index (χ1n) is 5.86. The Hall–Kier alpha value is -1.95. The highest BCUT2D eigenvalue weighted by Gasteiger charge is 2.33. The lowest BCUT2D eigenvalue weighted by Crippen LogP contribution is -2.27. The van der Waals surface area contributed by atoms with Crippen molar-refractivity contribution in [2.75, 3.05) is 25.2 Å². The van der Waals surface area contributed by atoms with Gasteiger partial charge in [0.2, 0.25) is 5.91 Å². The first-order chi connectivity index (χ1) is 9.08. The number of rotatable bonds is 3. The summed E-state index contributed by atoms with van der Waals surface area (Å²) in [5, 5.41) is 9.08. The van der Waals surface area contributed by atoms with Crippen molar-refractivity contribution in [1.29, 1.82) is 0 Å². The molecule has 1 unspecified atom stereocenters. The molecule has 0 aromatic heterocycles. The van der Waals surface area contributed by atoms with E-state index in [0.717, 1.165) is 13.2 Å². The molecule has 1 heterocycles. The Morgan fingerprint density at radius 1 is 1.58 bits per heavy atom. The quantitative estimate of drug-likeness (QED) is 0.828. The number of methoxy groups -OCH3 is 1. The molecule has 102 valence electrons. The fraction of sp³-hybridized carbons (Fsp3) is 0.385. The van der Waals surface area contributed by atoms with E-state index in [1.807, 2.05) is 0 Å². The molecule has 6 heteroatoms. The van der Waals surface area contributed by atoms with Gasteiger partial charge >= 0.3 is 5.97 Å². The van der Waals surface area contributed by atoms with Crippen molar-refractivity contribution < 1.29 is 23.8 Å². The van der Waals surface area contributed by atoms with Gasteiger partial charge in [-0.05, 0) is 12.1 Å². The Balaban J connectivity index is 2.43. The van der Waals surface area contributed by atoms with Crippen molar-refractivity contribution in [3.63, 3.8) is 0 Å². The van der Waals surface area contributed by atoms with Crippen LogP contribution in [0.3, 0.4) is 0 Å². The normalized spacial score (nSPS) is 18.8. The van der Waals surface area contributed by atoms with Gasteiger partial charge in [0.15, 0.2) is 0 Å². The lowest BCUT2D eigenvalue weighted by molar-refractivity contribution is -0.117. The van der Waals surface area contributed by atoms with Crippen molar-refractivity contribution in [2.24, 2.45) is 5.92 Å². The van der Waals surface area contributed by atoms with Crippen LogP contribution in [0.1, 0.15) is 16.8 Å². The molecule has 1 fully saturated rings. The van der Waals surface area contributed by atoms with Crippen LogP contribution in [0.4, 0.5) is 10.1 Å². The summed E-state index contributed by atoms with van der Waals surface area (Å²) in [6.07, 6.45) is 0.188. The Morgan fingerprint density at radius 3 is 2.89 bits per heavy atom. The van der Waals surface area contributed by atoms with Crippen LogP contribution in [-0.4, -0.2) is 37.2 Å². The van der Waals surface area contributed by atoms with E-state index < -0.39 is 11.8 Å². The minimum Gasteiger partial charge on any atom is -0.465 e. The highest BCUT2D eigenvalue weighted by atomic mass is 19.1. The molecule has 1 N–H and O–H groups in total. The lowest BCUT2D eigenvalue weighted by Gasteiger charge is -2.19. The van der Waals surface area contributed by atoms with Crippen LogP contribution in [0, 0.1) is 11.7 Å². The fourth-order valence-electron chi connectivity index (χ4n) is 2.18. The molecule has 1 atom stereocenters. The van der Waals surface area contributed by atoms with Crippen LogP contribution < -0.4 is 4.90 Å². The number of halogens is 1. The predicted molar refractivity (Wildman–Crippen MR) is 65.3 cm³/mol. The summed E-state index contributed by atoms with van der Waals surface area (Å²) in [5.74, 6) is -1.99. The average molecular weight is 267 g/mol. The fourth-order valence-corrected chi connectivity index (χ4v) is 2.18. The summed E-state index contributed by atoms with van der Waals surface area (Å²) < 4.78 is 18.3. The minimum absolute atomic E-state index is 0.120. The van der Waals surface area contributed by atoms with E-state index in [2.05, 4.69) is 4.74 Å². The molecule has 19 heavy (non-hydrogen) atoms. The number of ether oxygens (including phenoxy) is 1. The van der Waals surface area contributed by atoms with Crippen LogP contribution in [-0.2, 0) is 9.53 Å². The van der Waals surface area contributed by atoms with Crippen LogP contribution in [0.2, 0.25) is 0 Å². The van der Waals surface area contributed by atoms with Gasteiger partial charge in [0.05, 0.1) is 12.8 Å². The molecule has 1 amide bonds. The number of anilines is 1. The molecule has 1 aromatic rings. The van der Waals surface area contributed by atoms with Crippen LogP contribution >= 0.6 is 0 Å². The number of hydrogen-bond donors (Lipinski definition) is 1. The Labute approximate surface area is 109 Å². The van der Waals surface area contributed by atoms with Crippen LogP contribution in [0.25, 0.3) is 0 Å². The molecule has 0 aliphatic carbocycles. The number of amides is 1. The predicted octanol–water partition coefficient (Wildman–Crippen LogP) is 0.958. The van der Waals surface area contributed by atoms with Gasteiger partial charge in [0, 0.05) is 25.5 Å². The van der Waals surface area contributed by atoms with E-state index in [9.17, 15) is 14.0 Å². The molecular weight excluding hydrogens is 253 g/mol. The largest absolute Gasteiger partial charge is 0.465 e. The van der Waals surface area contributed by atoms with Gasteiger partial charge in [-0.2, -0.15) is 0 Å². The lowest BCUT2D eigenvalue weighted by atomic mass is 10.1. The maximum atomic E-state index is 13.8. The zero-order valence-corrected chi connectivity index (χ0v) is 10.4. The molecule has 5 nitrogen and oxygen atoms in total. The van der Waals surface area contributed by atoms with E-state index in [0.29, 0.717) is 0 Å². The minimum atomic E-state index is -0.826. The Morgan fingerprint density at radius 2 is 2.32 bits per heavy atom. The van der Waals surface area contributed by atoms with Crippen LogP contribution in [0.15, 0.2) is 18.2 Å². The SMILES string of the molecule is COC(=O)c1c(F)cccc1N1CC(CO)CC1=O. The number of nitrogens with zero attached hydrogens (tertiary/aromatic N) is 1. The summed E-state index contributed by atoms with van der Waals surface area (Å²) in [4.78, 5) is 24.8. The maximum Gasteiger partial charge on any atom is 0.343 e. The Kier molecular flexibility index (Phi) is 3.80. The van der Waals surface area contributed by atoms with Crippen molar-refractivity contribution in [1.82, 2.24) is 0 Å². The molecule has 0 saturated carbocycles. The zero-order valence-electron chi connectivity index (χ0n) is 10.4. The molecule has 1 aliphatic heterocycles. The summed E-state index contributed by atoms with van der Waals surface area (Å²) in [5.41, 5.74) is -0.0651. The molecule has 0 radical (unpaired) electrons. The number of hydrogen-bond acceptors (Lipinski definition) is 4. The summed E-state index contributed by atoms with van der Waals surface area (Å²) in [7, 11) is 1.15. The van der Waals surface area contributed by atoms with Gasteiger partial charge in [0.25, 0.3) is 0 Å². The van der Waals surface area contributed by atoms with Gasteiger partial charge in [0.1, 0.15) is 11.4 Å². The number of aliphatic hydroxyl groups excluding tert-OH is 1. The Bertz CT molecular complexity index is 517. The monoisotopic (exact) mass is 267 g/mol. The van der Waals surface area contributed by atoms with Gasteiger partial charge in [-0.1, -0.05) is 6.07 Å². The first-order valence-corrected chi connectivity index (χ1v) is 5.86. The van der Waals surface area contributed by atoms with Gasteiger partial charge in [-0.15, -0.1) is 0 Å². The van der Waals surface area contributed by atoms with E-state index >= 15 is 0 Å². The molecule has 0 spiro atoms. The average Bonchev–Trinajstić information content (AvgIpc) is 2.79. The topological polar surface area (TPSA) is 66.8 Å². The molecule has 1 saturated heterocycles. The van der Waals surface area contributed by atoms with E-state index in [4.69, 9.17) is 5.11 Å². The van der Waals surface area contributed by atoms with Crippen molar-refractivity contribution >= 4 is 17.6 Å². The van der Waals surface area contributed by atoms with Gasteiger partial charge < -0.3 is 14.7 Å². The first kappa shape index (κ1) is 13.5. The summed E-state index contributed by atoms with van der Waals surface area (Å²) in [6.45, 7) is 0.147. The summed E-state index contributed by atoms with van der Waals surface area (Å²) in [6, 6.07) is 4.06. The van der Waals surface area contributed by atoms with Gasteiger partial charge in [-0.3, -0.25) is 4.79 Å². The van der Waals surface area contributed by atoms with Crippen LogP contribution in [0.5, 0.6) is 0 Å². The highest BCUT2D eigenvalue weighted by Crippen LogP contribution is 2.29. The maximum absolute atomic E-state index is 13.8. The molecule has 1 aliphatic rings. The third kappa shape index (κ3) is 2.44. The third-order valence-corrected chi connectivity index (χ3v) is 3.14. The van der Waals surface area contributed by atoms with Gasteiger partial charge in [-0.25, -0.2) is 9.18 Å². The second-order valence-corrected chi connectivity index (χ2v) is 4.38. The van der Waals surface area contributed by atoms with E-state index in [-0.39, 0.29) is 42.6 Å². The number of aliphatic hydroxyl groups is 1. The molecule has 1 aromatic carbocycles. The van der Waals surface area contributed by atoms with Crippen molar-refractivity contribution in [3.05, 3.63) is 29.6 Å². The summed E-state index contributed by atoms with van der Waals surface area (Å²) >= 11 is 0. The standard InChI is InChI=1S/C13H14FNO4/c1-19-13(18)12-9(14)3-2-4-10(12)15-6-8(7-16)5-11(15)17/h2-4,8,16H,5-7H2,1H3. The number of carbonyl (C=O) groups is 2. The second kappa shape index (κ2) is 5.36. The third-order valence-electron chi connectivity index (χ3n) is 3.14. The second-order valence-electron chi connectivity index (χ2n) is 4.38. The zero-order chi connectivity index (χ0) is 14.0. The smallest absolute Gasteiger partial charge is 0.343 e. The number of benzene rings is 1. The molecule has 0 bridgehead atoms. The molecule has 2 rings (SSSR count). The highest BCUT2D eigenvalue weighted by molar-refractivity contribution is 6.03. The number of carbonyl (C=O) groups excluding carboxylic acids is 2. The van der Waals surface area contributed by atoms with E-state index in [1.54, 1.807) is 0 Å². The van der Waals surface area contributed by atoms with Crippen molar-refractivity contribution in [2.45, 2.75) is 6.42 Å². The number of esters is 1. The molecular formula is C13H14FNO4.